The molecule has 11 heteroatoms. The predicted molar refractivity (Wildman–Crippen MR) is 94.6 cm³/mol. The Hall–Kier alpha value is -2.89. The Morgan fingerprint density at radius 1 is 1.34 bits per heavy atom. The van der Waals surface area contributed by atoms with Crippen LogP contribution in [0.5, 0.6) is 0 Å². The second kappa shape index (κ2) is 9.54. The predicted octanol–water partition coefficient (Wildman–Crippen LogP) is 0.663. The first-order valence-electron chi connectivity index (χ1n) is 8.63. The lowest BCUT2D eigenvalue weighted by Crippen LogP contribution is -2.68. The van der Waals surface area contributed by atoms with E-state index in [4.69, 9.17) is 9.47 Å². The van der Waals surface area contributed by atoms with Gasteiger partial charge in [-0.3, -0.25) is 10.1 Å². The largest absolute Gasteiger partial charge is 0.465 e. The van der Waals surface area contributed by atoms with Gasteiger partial charge in [0, 0.05) is 20.1 Å². The molecule has 3 amide bonds. The van der Waals surface area contributed by atoms with Crippen molar-refractivity contribution in [1.82, 2.24) is 10.7 Å². The molecule has 0 aromatic heterocycles. The number of benzene rings is 1. The minimum absolute atomic E-state index is 0.0402. The molecule has 2 unspecified atom stereocenters. The van der Waals surface area contributed by atoms with E-state index in [1.54, 1.807) is 0 Å². The lowest BCUT2D eigenvalue weighted by molar-refractivity contribution is -0.852. The number of aliphatic hydroxyl groups excluding tert-OH is 1. The van der Waals surface area contributed by atoms with Crippen LogP contribution in [-0.2, 0) is 19.1 Å². The van der Waals surface area contributed by atoms with Crippen molar-refractivity contribution >= 4 is 18.4 Å². The lowest BCUT2D eigenvalue weighted by Gasteiger charge is -2.40. The fraction of sp³-hybridized carbons (Fsp3) is 0.389. The molecule has 1 aliphatic rings. The van der Waals surface area contributed by atoms with Gasteiger partial charge < -0.3 is 14.6 Å². The number of nitrogens with one attached hydrogen (secondary N) is 2. The number of urea groups is 1. The summed E-state index contributed by atoms with van der Waals surface area (Å²) in [7, 11) is 2.44. The Morgan fingerprint density at radius 2 is 2.07 bits per heavy atom. The molecule has 1 aromatic carbocycles. The van der Waals surface area contributed by atoms with Gasteiger partial charge in [0.15, 0.2) is 17.3 Å². The van der Waals surface area contributed by atoms with E-state index in [-0.39, 0.29) is 49.4 Å². The van der Waals surface area contributed by atoms with Gasteiger partial charge in [-0.15, -0.1) is 4.59 Å². The lowest BCUT2D eigenvalue weighted by atomic mass is 9.93. The van der Waals surface area contributed by atoms with Gasteiger partial charge in [-0.2, -0.15) is 5.43 Å². The first-order chi connectivity index (χ1) is 13.9. The Labute approximate surface area is 165 Å². The molecule has 1 aromatic rings. The van der Waals surface area contributed by atoms with E-state index in [2.05, 4.69) is 10.7 Å². The second-order valence-electron chi connectivity index (χ2n) is 6.20. The summed E-state index contributed by atoms with van der Waals surface area (Å²) in [4.78, 5) is 36.9. The minimum Gasteiger partial charge on any atom is -0.465 e. The van der Waals surface area contributed by atoms with Crippen LogP contribution in [0.1, 0.15) is 18.0 Å². The number of carbonyl (C=O) groups is 3. The number of quaternary nitrogens is 1. The van der Waals surface area contributed by atoms with Gasteiger partial charge >= 0.3 is 12.0 Å². The van der Waals surface area contributed by atoms with E-state index >= 15 is 0 Å². The van der Waals surface area contributed by atoms with Gasteiger partial charge in [0.2, 0.25) is 0 Å². The summed E-state index contributed by atoms with van der Waals surface area (Å²) in [5, 5.41) is 11.8. The van der Waals surface area contributed by atoms with E-state index in [1.165, 1.54) is 13.2 Å². The van der Waals surface area contributed by atoms with Crippen molar-refractivity contribution in [3.63, 3.8) is 0 Å². The zero-order chi connectivity index (χ0) is 21.6. The summed E-state index contributed by atoms with van der Waals surface area (Å²) in [6.45, 7) is -0.636. The number of amides is 3. The number of nitrogens with zero attached hydrogens (tertiary/aromatic N) is 1. The molecule has 9 nitrogen and oxygen atoms in total. The first-order valence-corrected chi connectivity index (χ1v) is 8.63. The third kappa shape index (κ3) is 4.26. The van der Waals surface area contributed by atoms with E-state index in [0.29, 0.717) is 0 Å². The monoisotopic (exact) mass is 414 g/mol. The maximum atomic E-state index is 13.8. The smallest absolute Gasteiger partial charge is 0.447 e. The van der Waals surface area contributed by atoms with Gasteiger partial charge in [-0.25, -0.2) is 18.4 Å². The normalized spacial score (nSPS) is 21.6. The Balaban J connectivity index is 2.77. The molecule has 0 saturated heterocycles. The number of hydrogen-bond acceptors (Lipinski definition) is 6. The average Bonchev–Trinajstić information content (AvgIpc) is 2.71. The molecule has 0 aliphatic carbocycles. The molecule has 0 radical (unpaired) electrons. The summed E-state index contributed by atoms with van der Waals surface area (Å²) in [6, 6.07) is 1.02. The van der Waals surface area contributed by atoms with Crippen LogP contribution in [0.4, 0.5) is 13.6 Å². The molecule has 1 aliphatic heterocycles. The molecule has 2 atom stereocenters. The van der Waals surface area contributed by atoms with Crippen LogP contribution in [0.2, 0.25) is 0 Å². The summed E-state index contributed by atoms with van der Waals surface area (Å²) in [5.74, 6) is -3.11. The van der Waals surface area contributed by atoms with Gasteiger partial charge in [0.05, 0.1) is 13.2 Å². The molecule has 0 bridgehead atoms. The molecule has 0 spiro atoms. The van der Waals surface area contributed by atoms with Crippen LogP contribution >= 0.6 is 0 Å². The van der Waals surface area contributed by atoms with Crippen molar-refractivity contribution in [1.29, 1.82) is 0 Å². The van der Waals surface area contributed by atoms with Crippen molar-refractivity contribution in [2.75, 3.05) is 34.0 Å². The van der Waals surface area contributed by atoms with Crippen LogP contribution < -0.4 is 10.7 Å². The zero-order valence-corrected chi connectivity index (χ0v) is 15.9. The maximum absolute atomic E-state index is 13.8. The summed E-state index contributed by atoms with van der Waals surface area (Å²) in [5.41, 5.74) is 2.40. The van der Waals surface area contributed by atoms with Crippen LogP contribution in [0, 0.1) is 11.6 Å². The maximum Gasteiger partial charge on any atom is 0.447 e. The van der Waals surface area contributed by atoms with Crippen molar-refractivity contribution in [3.8, 4) is 0 Å². The highest BCUT2D eigenvalue weighted by Gasteiger charge is 2.52. The average molecular weight is 414 g/mol. The van der Waals surface area contributed by atoms with Gasteiger partial charge in [-0.1, -0.05) is 6.07 Å². The van der Waals surface area contributed by atoms with E-state index in [9.17, 15) is 28.3 Å². The second-order valence-corrected chi connectivity index (χ2v) is 6.20. The van der Waals surface area contributed by atoms with Crippen LogP contribution in [0.15, 0.2) is 29.5 Å². The van der Waals surface area contributed by atoms with Gasteiger partial charge in [0.25, 0.3) is 6.41 Å². The highest BCUT2D eigenvalue weighted by molar-refractivity contribution is 5.93. The Bertz CT molecular complexity index is 832. The molecule has 1 heterocycles. The molecule has 3 N–H and O–H groups in total. The molecular formula is C18H22F2N3O6+. The minimum atomic E-state index is -1.18. The van der Waals surface area contributed by atoms with E-state index in [0.717, 1.165) is 19.2 Å². The number of rotatable bonds is 9. The van der Waals surface area contributed by atoms with Gasteiger partial charge in [0.1, 0.15) is 18.7 Å². The Kier molecular flexibility index (Phi) is 7.37. The molecule has 29 heavy (non-hydrogen) atoms. The third-order valence-corrected chi connectivity index (χ3v) is 4.56. The Morgan fingerprint density at radius 3 is 2.62 bits per heavy atom. The fourth-order valence-corrected chi connectivity index (χ4v) is 3.25. The number of carbonyl (C=O) groups excluding carboxylic acids is 3. The van der Waals surface area contributed by atoms with E-state index < -0.39 is 34.3 Å². The molecular weight excluding hydrogens is 392 g/mol. The molecule has 0 saturated carbocycles. The SMILES string of the molecule is COCC1=C(C(=O)OC)C(c2ccc(F)c(F)c2)NC(=O)[N+]1(CCCO)NC=O. The van der Waals surface area contributed by atoms with Crippen LogP contribution in [0.3, 0.4) is 0 Å². The van der Waals surface area contributed by atoms with Crippen molar-refractivity contribution in [3.05, 3.63) is 46.7 Å². The van der Waals surface area contributed by atoms with Crippen LogP contribution in [0.25, 0.3) is 0 Å². The highest BCUT2D eigenvalue weighted by atomic mass is 19.2. The third-order valence-electron chi connectivity index (χ3n) is 4.56. The quantitative estimate of drug-likeness (QED) is 0.311. The molecule has 158 valence electrons. The number of ether oxygens (including phenoxy) is 2. The number of halogens is 2. The number of methoxy groups -OCH3 is 2. The molecule has 0 fully saturated rings. The van der Waals surface area contributed by atoms with Crippen LogP contribution in [-0.4, -0.2) is 62.1 Å². The van der Waals surface area contributed by atoms with Crippen molar-refractivity contribution in [2.45, 2.75) is 12.5 Å². The fourth-order valence-electron chi connectivity index (χ4n) is 3.25. The van der Waals surface area contributed by atoms with Crippen molar-refractivity contribution < 1.29 is 42.3 Å². The summed E-state index contributed by atoms with van der Waals surface area (Å²) >= 11 is 0. The number of esters is 1. The topological polar surface area (TPSA) is 114 Å². The summed E-state index contributed by atoms with van der Waals surface area (Å²) < 4.78 is 36.3. The van der Waals surface area contributed by atoms with Crippen molar-refractivity contribution in [2.24, 2.45) is 0 Å². The van der Waals surface area contributed by atoms with Gasteiger partial charge in [-0.05, 0) is 17.7 Å². The standard InChI is InChI=1S/C18H21F2N3O6/c1-28-9-14-15(17(26)29-2)16(11-4-5-12(19)13(20)8-11)22-18(27)23(14,21-10-25)6-3-7-24/h4-5,8,10,16,24H,3,6-7,9H2,1-2H3,(H-,21,22,25,27)/p+1. The number of hydrogen-bond donors (Lipinski definition) is 3. The molecule has 2 rings (SSSR count). The van der Waals surface area contributed by atoms with E-state index in [1.807, 2.05) is 0 Å². The number of aliphatic hydroxyl groups is 1. The first kappa shape index (κ1) is 22.4. The highest BCUT2D eigenvalue weighted by Crippen LogP contribution is 2.35. The summed E-state index contributed by atoms with van der Waals surface area (Å²) in [6.07, 6.45) is 0.380. The zero-order valence-electron chi connectivity index (χ0n) is 15.9.